The number of anilines is 2. The fraction of sp³-hybridized carbons (Fsp3) is 0.400. The maximum absolute atomic E-state index is 11.6. The normalized spacial score (nSPS) is 17.1. The van der Waals surface area contributed by atoms with Gasteiger partial charge in [-0.2, -0.15) is 0 Å². The SMILES string of the molecule is Nc1cnccc1N1CCCCC1=O. The van der Waals surface area contributed by atoms with Gasteiger partial charge >= 0.3 is 0 Å². The summed E-state index contributed by atoms with van der Waals surface area (Å²) in [7, 11) is 0. The lowest BCUT2D eigenvalue weighted by Gasteiger charge is -2.27. The highest BCUT2D eigenvalue weighted by molar-refractivity contribution is 5.96. The first-order valence-corrected chi connectivity index (χ1v) is 4.79. The Kier molecular flexibility index (Phi) is 2.35. The van der Waals surface area contributed by atoms with Crippen LogP contribution in [-0.4, -0.2) is 17.4 Å². The molecule has 1 aromatic rings. The summed E-state index contributed by atoms with van der Waals surface area (Å²) < 4.78 is 0. The number of carbonyl (C=O) groups is 1. The molecule has 14 heavy (non-hydrogen) atoms. The lowest BCUT2D eigenvalue weighted by molar-refractivity contribution is -0.119. The molecule has 0 atom stereocenters. The molecule has 2 N–H and O–H groups in total. The number of rotatable bonds is 1. The summed E-state index contributed by atoms with van der Waals surface area (Å²) in [6.07, 6.45) is 5.90. The topological polar surface area (TPSA) is 59.2 Å². The number of hydrogen-bond acceptors (Lipinski definition) is 3. The van der Waals surface area contributed by atoms with Crippen LogP contribution in [0.5, 0.6) is 0 Å². The van der Waals surface area contributed by atoms with Crippen LogP contribution in [0, 0.1) is 0 Å². The summed E-state index contributed by atoms with van der Waals surface area (Å²) in [5, 5.41) is 0. The Bertz CT molecular complexity index is 351. The van der Waals surface area contributed by atoms with Crippen molar-refractivity contribution in [3.8, 4) is 0 Å². The molecule has 1 amide bonds. The van der Waals surface area contributed by atoms with E-state index in [0.717, 1.165) is 25.1 Å². The number of amides is 1. The van der Waals surface area contributed by atoms with Crippen LogP contribution in [0.1, 0.15) is 19.3 Å². The molecule has 1 aliphatic heterocycles. The van der Waals surface area contributed by atoms with Crippen LogP contribution in [0.3, 0.4) is 0 Å². The molecular weight excluding hydrogens is 178 g/mol. The van der Waals surface area contributed by atoms with E-state index in [1.165, 1.54) is 0 Å². The van der Waals surface area contributed by atoms with Crippen molar-refractivity contribution in [1.29, 1.82) is 0 Å². The molecule has 4 nitrogen and oxygen atoms in total. The fourth-order valence-electron chi connectivity index (χ4n) is 1.71. The van der Waals surface area contributed by atoms with Crippen molar-refractivity contribution < 1.29 is 4.79 Å². The summed E-state index contributed by atoms with van der Waals surface area (Å²) in [4.78, 5) is 17.2. The third kappa shape index (κ3) is 1.55. The Morgan fingerprint density at radius 2 is 2.29 bits per heavy atom. The van der Waals surface area contributed by atoms with Crippen LogP contribution in [0.25, 0.3) is 0 Å². The molecule has 74 valence electrons. The zero-order chi connectivity index (χ0) is 9.97. The fourth-order valence-corrected chi connectivity index (χ4v) is 1.71. The molecule has 2 heterocycles. The number of hydrogen-bond donors (Lipinski definition) is 1. The van der Waals surface area contributed by atoms with Gasteiger partial charge in [-0.25, -0.2) is 0 Å². The van der Waals surface area contributed by atoms with E-state index in [2.05, 4.69) is 4.98 Å². The van der Waals surface area contributed by atoms with Crippen molar-refractivity contribution in [2.24, 2.45) is 0 Å². The minimum Gasteiger partial charge on any atom is -0.396 e. The number of carbonyl (C=O) groups excluding carboxylic acids is 1. The first-order valence-electron chi connectivity index (χ1n) is 4.79. The highest BCUT2D eigenvalue weighted by Gasteiger charge is 2.20. The predicted octanol–water partition coefficient (Wildman–Crippen LogP) is 1.18. The average molecular weight is 191 g/mol. The van der Waals surface area contributed by atoms with Crippen LogP contribution in [0.15, 0.2) is 18.5 Å². The van der Waals surface area contributed by atoms with Gasteiger partial charge in [-0.15, -0.1) is 0 Å². The summed E-state index contributed by atoms with van der Waals surface area (Å²) in [5.74, 6) is 0.161. The quantitative estimate of drug-likeness (QED) is 0.725. The van der Waals surface area contributed by atoms with E-state index in [-0.39, 0.29) is 5.91 Å². The zero-order valence-electron chi connectivity index (χ0n) is 7.94. The number of nitrogens with two attached hydrogens (primary N) is 1. The first kappa shape index (κ1) is 8.99. The molecule has 0 unspecified atom stereocenters. The van der Waals surface area contributed by atoms with Gasteiger partial charge in [-0.05, 0) is 18.9 Å². The van der Waals surface area contributed by atoms with Gasteiger partial charge in [0.2, 0.25) is 5.91 Å². The number of pyridine rings is 1. The molecule has 0 radical (unpaired) electrons. The standard InChI is InChI=1S/C10H13N3O/c11-8-7-12-5-4-9(8)13-6-2-1-3-10(13)14/h4-5,7H,1-3,6,11H2. The number of nitrogens with zero attached hydrogens (tertiary/aromatic N) is 2. The van der Waals surface area contributed by atoms with E-state index >= 15 is 0 Å². The largest absolute Gasteiger partial charge is 0.396 e. The van der Waals surface area contributed by atoms with Crippen molar-refractivity contribution in [2.75, 3.05) is 17.2 Å². The van der Waals surface area contributed by atoms with Crippen molar-refractivity contribution in [1.82, 2.24) is 4.98 Å². The monoisotopic (exact) mass is 191 g/mol. The smallest absolute Gasteiger partial charge is 0.227 e. The lowest BCUT2D eigenvalue weighted by atomic mass is 10.1. The first-order chi connectivity index (χ1) is 6.79. The van der Waals surface area contributed by atoms with Gasteiger partial charge in [-0.3, -0.25) is 9.78 Å². The molecule has 4 heteroatoms. The lowest BCUT2D eigenvalue weighted by Crippen LogP contribution is -2.35. The highest BCUT2D eigenvalue weighted by atomic mass is 16.2. The predicted molar refractivity (Wildman–Crippen MR) is 54.9 cm³/mol. The highest BCUT2D eigenvalue weighted by Crippen LogP contribution is 2.25. The molecule has 0 aliphatic carbocycles. The Morgan fingerprint density at radius 1 is 1.43 bits per heavy atom. The maximum atomic E-state index is 11.6. The minimum absolute atomic E-state index is 0.161. The molecule has 1 saturated heterocycles. The van der Waals surface area contributed by atoms with Gasteiger partial charge < -0.3 is 10.6 Å². The van der Waals surface area contributed by atoms with E-state index in [0.29, 0.717) is 12.1 Å². The van der Waals surface area contributed by atoms with Crippen molar-refractivity contribution >= 4 is 17.3 Å². The molecule has 0 bridgehead atoms. The van der Waals surface area contributed by atoms with Gasteiger partial charge in [0.25, 0.3) is 0 Å². The minimum atomic E-state index is 0.161. The Balaban J connectivity index is 2.29. The second-order valence-electron chi connectivity index (χ2n) is 3.44. The van der Waals surface area contributed by atoms with Crippen molar-refractivity contribution in [3.63, 3.8) is 0 Å². The number of aromatic nitrogens is 1. The van der Waals surface area contributed by atoms with Crippen molar-refractivity contribution in [3.05, 3.63) is 18.5 Å². The van der Waals surface area contributed by atoms with Gasteiger partial charge in [0, 0.05) is 19.2 Å². The third-order valence-corrected chi connectivity index (χ3v) is 2.44. The molecule has 0 aromatic carbocycles. The summed E-state index contributed by atoms with van der Waals surface area (Å²) in [5.41, 5.74) is 7.13. The van der Waals surface area contributed by atoms with Gasteiger partial charge in [-0.1, -0.05) is 0 Å². The zero-order valence-corrected chi connectivity index (χ0v) is 7.94. The van der Waals surface area contributed by atoms with E-state index in [4.69, 9.17) is 5.73 Å². The molecule has 2 rings (SSSR count). The summed E-state index contributed by atoms with van der Waals surface area (Å²) >= 11 is 0. The molecular formula is C10H13N3O. The number of piperidine rings is 1. The van der Waals surface area contributed by atoms with Crippen LogP contribution in [0.4, 0.5) is 11.4 Å². The van der Waals surface area contributed by atoms with Crippen molar-refractivity contribution in [2.45, 2.75) is 19.3 Å². The van der Waals surface area contributed by atoms with Crippen LogP contribution in [0.2, 0.25) is 0 Å². The Hall–Kier alpha value is -1.58. The van der Waals surface area contributed by atoms with E-state index in [9.17, 15) is 4.79 Å². The Labute approximate surface area is 82.7 Å². The molecule has 1 aliphatic rings. The van der Waals surface area contributed by atoms with E-state index < -0.39 is 0 Å². The van der Waals surface area contributed by atoms with E-state index in [1.54, 1.807) is 23.4 Å². The van der Waals surface area contributed by atoms with Crippen LogP contribution in [-0.2, 0) is 4.79 Å². The Morgan fingerprint density at radius 3 is 3.00 bits per heavy atom. The van der Waals surface area contributed by atoms with E-state index in [1.807, 2.05) is 0 Å². The molecule has 0 saturated carbocycles. The number of nitrogen functional groups attached to an aromatic ring is 1. The van der Waals surface area contributed by atoms with Crippen LogP contribution < -0.4 is 10.6 Å². The summed E-state index contributed by atoms with van der Waals surface area (Å²) in [6, 6.07) is 1.79. The molecule has 1 fully saturated rings. The van der Waals surface area contributed by atoms with Gasteiger partial charge in [0.1, 0.15) is 0 Å². The average Bonchev–Trinajstić information content (AvgIpc) is 2.20. The van der Waals surface area contributed by atoms with Gasteiger partial charge in [0.15, 0.2) is 0 Å². The molecule has 0 spiro atoms. The summed E-state index contributed by atoms with van der Waals surface area (Å²) in [6.45, 7) is 0.771. The molecule has 1 aromatic heterocycles. The third-order valence-electron chi connectivity index (χ3n) is 2.44. The maximum Gasteiger partial charge on any atom is 0.227 e. The van der Waals surface area contributed by atoms with Gasteiger partial charge in [0.05, 0.1) is 17.6 Å². The second-order valence-corrected chi connectivity index (χ2v) is 3.44. The second kappa shape index (κ2) is 3.65. The van der Waals surface area contributed by atoms with Crippen LogP contribution >= 0.6 is 0 Å².